The lowest BCUT2D eigenvalue weighted by Gasteiger charge is -2.34. The molecule has 2 atom stereocenters. The minimum absolute atomic E-state index is 0.0262. The van der Waals surface area contributed by atoms with Crippen molar-refractivity contribution >= 4 is 5.91 Å². The summed E-state index contributed by atoms with van der Waals surface area (Å²) in [6, 6.07) is 10.9. The summed E-state index contributed by atoms with van der Waals surface area (Å²) < 4.78 is 0. The summed E-state index contributed by atoms with van der Waals surface area (Å²) >= 11 is 0. The zero-order chi connectivity index (χ0) is 15.2. The van der Waals surface area contributed by atoms with E-state index in [1.165, 1.54) is 12.0 Å². The Morgan fingerprint density at radius 2 is 2.05 bits per heavy atom. The number of benzene rings is 1. The van der Waals surface area contributed by atoms with E-state index in [1.54, 1.807) is 0 Å². The first-order chi connectivity index (χ1) is 10.8. The van der Waals surface area contributed by atoms with Gasteiger partial charge in [-0.05, 0) is 44.3 Å². The average Bonchev–Trinajstić information content (AvgIpc) is 2.57. The fourth-order valence-corrected chi connectivity index (χ4v) is 3.54. The molecule has 3 rings (SSSR count). The molecular weight excluding hydrogens is 274 g/mol. The lowest BCUT2D eigenvalue weighted by molar-refractivity contribution is -0.124. The molecule has 2 aliphatic heterocycles. The van der Waals surface area contributed by atoms with Crippen LogP contribution in [0.4, 0.5) is 0 Å². The van der Waals surface area contributed by atoms with Gasteiger partial charge in [0.05, 0.1) is 6.04 Å². The Morgan fingerprint density at radius 1 is 1.18 bits per heavy atom. The van der Waals surface area contributed by atoms with E-state index in [9.17, 15) is 4.79 Å². The van der Waals surface area contributed by atoms with Crippen LogP contribution in [0.15, 0.2) is 30.3 Å². The van der Waals surface area contributed by atoms with Crippen LogP contribution in [-0.4, -0.2) is 42.5 Å². The molecule has 0 radical (unpaired) electrons. The molecule has 0 aromatic heterocycles. The third-order valence-corrected chi connectivity index (χ3v) is 4.73. The van der Waals surface area contributed by atoms with Gasteiger partial charge in [-0.1, -0.05) is 36.8 Å². The number of nitrogens with zero attached hydrogens (tertiary/aromatic N) is 1. The van der Waals surface area contributed by atoms with Gasteiger partial charge in [-0.3, -0.25) is 9.69 Å². The van der Waals surface area contributed by atoms with Gasteiger partial charge in [-0.2, -0.15) is 0 Å². The minimum atomic E-state index is 0.0262. The molecule has 22 heavy (non-hydrogen) atoms. The third kappa shape index (κ3) is 4.31. The van der Waals surface area contributed by atoms with E-state index in [0.29, 0.717) is 6.04 Å². The Hall–Kier alpha value is -1.39. The number of hydrogen-bond acceptors (Lipinski definition) is 3. The van der Waals surface area contributed by atoms with Crippen LogP contribution in [-0.2, 0) is 11.3 Å². The van der Waals surface area contributed by atoms with Crippen LogP contribution in [0.5, 0.6) is 0 Å². The van der Waals surface area contributed by atoms with Crippen LogP contribution in [0.1, 0.15) is 37.7 Å². The monoisotopic (exact) mass is 301 g/mol. The van der Waals surface area contributed by atoms with Crippen LogP contribution in [0.25, 0.3) is 0 Å². The normalized spacial score (nSPS) is 26.5. The summed E-state index contributed by atoms with van der Waals surface area (Å²) in [5, 5.41) is 6.60. The van der Waals surface area contributed by atoms with Crippen molar-refractivity contribution in [3.63, 3.8) is 0 Å². The van der Waals surface area contributed by atoms with Crippen LogP contribution in [0, 0.1) is 0 Å². The quantitative estimate of drug-likeness (QED) is 0.893. The highest BCUT2D eigenvalue weighted by atomic mass is 16.2. The standard InChI is InChI=1S/C18H27N3O/c22-18(17-10-4-5-11-19-17)20-16-9-6-12-21(14-16)13-15-7-2-1-3-8-15/h1-3,7-8,16-17,19H,4-6,9-14H2,(H,20,22). The summed E-state index contributed by atoms with van der Waals surface area (Å²) in [5.41, 5.74) is 1.35. The molecule has 0 spiro atoms. The predicted octanol–water partition coefficient (Wildman–Crippen LogP) is 1.91. The van der Waals surface area contributed by atoms with E-state index in [2.05, 4.69) is 45.9 Å². The van der Waals surface area contributed by atoms with Crippen molar-refractivity contribution < 1.29 is 4.79 Å². The van der Waals surface area contributed by atoms with Crippen LogP contribution < -0.4 is 10.6 Å². The number of likely N-dealkylation sites (tertiary alicyclic amines) is 1. The number of carbonyl (C=O) groups is 1. The van der Waals surface area contributed by atoms with Gasteiger partial charge < -0.3 is 10.6 Å². The van der Waals surface area contributed by atoms with Gasteiger partial charge in [0, 0.05) is 19.1 Å². The smallest absolute Gasteiger partial charge is 0.237 e. The molecule has 1 aromatic carbocycles. The topological polar surface area (TPSA) is 44.4 Å². The fraction of sp³-hybridized carbons (Fsp3) is 0.611. The fourth-order valence-electron chi connectivity index (χ4n) is 3.54. The van der Waals surface area contributed by atoms with Crippen molar-refractivity contribution in [2.75, 3.05) is 19.6 Å². The lowest BCUT2D eigenvalue weighted by Crippen LogP contribution is -2.53. The van der Waals surface area contributed by atoms with Crippen LogP contribution in [0.3, 0.4) is 0 Å². The van der Waals surface area contributed by atoms with E-state index in [0.717, 1.165) is 51.9 Å². The molecule has 2 N–H and O–H groups in total. The van der Waals surface area contributed by atoms with Crippen molar-refractivity contribution in [2.45, 2.75) is 50.7 Å². The Morgan fingerprint density at radius 3 is 2.82 bits per heavy atom. The Kier molecular flexibility index (Phi) is 5.46. The molecule has 2 aliphatic rings. The number of amides is 1. The number of hydrogen-bond donors (Lipinski definition) is 2. The molecule has 2 heterocycles. The zero-order valence-electron chi connectivity index (χ0n) is 13.3. The zero-order valence-corrected chi connectivity index (χ0v) is 13.3. The SMILES string of the molecule is O=C(NC1CCCN(Cc2ccccc2)C1)C1CCCCN1. The van der Waals surface area contributed by atoms with Gasteiger partial charge in [0.1, 0.15) is 0 Å². The predicted molar refractivity (Wildman–Crippen MR) is 88.5 cm³/mol. The van der Waals surface area contributed by atoms with Gasteiger partial charge in [0.25, 0.3) is 0 Å². The highest BCUT2D eigenvalue weighted by Crippen LogP contribution is 2.14. The highest BCUT2D eigenvalue weighted by Gasteiger charge is 2.25. The lowest BCUT2D eigenvalue weighted by atomic mass is 10.0. The minimum Gasteiger partial charge on any atom is -0.351 e. The Bertz CT molecular complexity index is 470. The van der Waals surface area contributed by atoms with E-state index < -0.39 is 0 Å². The molecule has 2 fully saturated rings. The summed E-state index contributed by atoms with van der Waals surface area (Å²) in [4.78, 5) is 14.8. The van der Waals surface area contributed by atoms with Crippen molar-refractivity contribution in [3.8, 4) is 0 Å². The van der Waals surface area contributed by atoms with E-state index in [1.807, 2.05) is 0 Å². The number of rotatable bonds is 4. The molecule has 1 aromatic rings. The van der Waals surface area contributed by atoms with E-state index >= 15 is 0 Å². The number of nitrogens with one attached hydrogen (secondary N) is 2. The molecule has 4 heteroatoms. The maximum atomic E-state index is 12.3. The van der Waals surface area contributed by atoms with Crippen LogP contribution >= 0.6 is 0 Å². The second-order valence-corrected chi connectivity index (χ2v) is 6.57. The molecule has 0 saturated carbocycles. The second kappa shape index (κ2) is 7.75. The number of carbonyl (C=O) groups excluding carboxylic acids is 1. The largest absolute Gasteiger partial charge is 0.351 e. The average molecular weight is 301 g/mol. The van der Waals surface area contributed by atoms with Gasteiger partial charge in [0.15, 0.2) is 0 Å². The van der Waals surface area contributed by atoms with Crippen molar-refractivity contribution in [3.05, 3.63) is 35.9 Å². The molecular formula is C18H27N3O. The summed E-state index contributed by atoms with van der Waals surface area (Å²) in [6.07, 6.45) is 5.60. The molecule has 0 bridgehead atoms. The summed E-state index contributed by atoms with van der Waals surface area (Å²) in [6.45, 7) is 4.05. The molecule has 2 unspecified atom stereocenters. The van der Waals surface area contributed by atoms with E-state index in [4.69, 9.17) is 0 Å². The Balaban J connectivity index is 1.48. The van der Waals surface area contributed by atoms with E-state index in [-0.39, 0.29) is 11.9 Å². The third-order valence-electron chi connectivity index (χ3n) is 4.73. The number of piperidine rings is 2. The maximum Gasteiger partial charge on any atom is 0.237 e. The first-order valence-electron chi connectivity index (χ1n) is 8.61. The van der Waals surface area contributed by atoms with Gasteiger partial charge in [0.2, 0.25) is 5.91 Å². The summed E-state index contributed by atoms with van der Waals surface area (Å²) in [5.74, 6) is 0.200. The van der Waals surface area contributed by atoms with Crippen molar-refractivity contribution in [1.82, 2.24) is 15.5 Å². The molecule has 120 valence electrons. The molecule has 0 aliphatic carbocycles. The van der Waals surface area contributed by atoms with Gasteiger partial charge in [-0.15, -0.1) is 0 Å². The maximum absolute atomic E-state index is 12.3. The van der Waals surface area contributed by atoms with Crippen molar-refractivity contribution in [1.29, 1.82) is 0 Å². The van der Waals surface area contributed by atoms with Crippen molar-refractivity contribution in [2.24, 2.45) is 0 Å². The second-order valence-electron chi connectivity index (χ2n) is 6.57. The Labute approximate surface area is 133 Å². The van der Waals surface area contributed by atoms with Gasteiger partial charge in [-0.25, -0.2) is 0 Å². The first-order valence-corrected chi connectivity index (χ1v) is 8.61. The molecule has 1 amide bonds. The molecule has 4 nitrogen and oxygen atoms in total. The summed E-state index contributed by atoms with van der Waals surface area (Å²) in [7, 11) is 0. The molecule has 2 saturated heterocycles. The van der Waals surface area contributed by atoms with Crippen LogP contribution in [0.2, 0.25) is 0 Å². The van der Waals surface area contributed by atoms with Gasteiger partial charge >= 0.3 is 0 Å². The first kappa shape index (κ1) is 15.5. The highest BCUT2D eigenvalue weighted by molar-refractivity contribution is 5.82.